The van der Waals surface area contributed by atoms with E-state index in [1.165, 1.54) is 12.7 Å². The van der Waals surface area contributed by atoms with Gasteiger partial charge in [0.25, 0.3) is 5.56 Å². The van der Waals surface area contributed by atoms with E-state index in [0.717, 1.165) is 13.0 Å². The summed E-state index contributed by atoms with van der Waals surface area (Å²) < 4.78 is 3.67. The van der Waals surface area contributed by atoms with Crippen LogP contribution in [0.1, 0.15) is 12.8 Å². The molecule has 0 saturated carbocycles. The molecule has 0 atom stereocenters. The van der Waals surface area contributed by atoms with Crippen molar-refractivity contribution >= 4 is 17.1 Å². The Hall–Kier alpha value is -2.97. The lowest BCUT2D eigenvalue weighted by Gasteiger charge is -2.06. The number of rotatable bonds is 7. The minimum Gasteiger partial charge on any atom is -0.356 e. The smallest absolute Gasteiger partial charge is 0.278 e. The van der Waals surface area contributed by atoms with Gasteiger partial charge in [-0.25, -0.2) is 15.0 Å². The molecule has 0 saturated heterocycles. The SMILES string of the molecule is O=C(CCn1cnc2c(=O)[nH]cnc21)NCCCn1ccnc1. The number of fused-ring (bicyclic) bond motifs is 1. The summed E-state index contributed by atoms with van der Waals surface area (Å²) in [6.45, 7) is 1.86. The van der Waals surface area contributed by atoms with Crippen molar-refractivity contribution in [2.45, 2.75) is 25.9 Å². The lowest BCUT2D eigenvalue weighted by Crippen LogP contribution is -2.26. The molecule has 0 fully saturated rings. The molecule has 0 aliphatic carbocycles. The normalized spacial score (nSPS) is 11.0. The molecular formula is C14H17N7O2. The van der Waals surface area contributed by atoms with Gasteiger partial charge in [0.05, 0.1) is 19.0 Å². The Balaban J connectivity index is 1.45. The van der Waals surface area contributed by atoms with Gasteiger partial charge in [-0.3, -0.25) is 9.59 Å². The molecule has 120 valence electrons. The van der Waals surface area contributed by atoms with Gasteiger partial charge in [0.1, 0.15) is 0 Å². The van der Waals surface area contributed by atoms with Gasteiger partial charge in [0, 0.05) is 38.4 Å². The van der Waals surface area contributed by atoms with Crippen molar-refractivity contribution in [3.8, 4) is 0 Å². The molecule has 9 heteroatoms. The molecule has 0 aromatic carbocycles. The third-order valence-electron chi connectivity index (χ3n) is 3.46. The molecule has 3 rings (SSSR count). The van der Waals surface area contributed by atoms with Gasteiger partial charge in [-0.15, -0.1) is 0 Å². The molecule has 0 radical (unpaired) electrons. The van der Waals surface area contributed by atoms with E-state index in [-0.39, 0.29) is 17.0 Å². The molecule has 0 bridgehead atoms. The maximum absolute atomic E-state index is 11.9. The van der Waals surface area contributed by atoms with E-state index in [0.29, 0.717) is 25.2 Å². The number of aryl methyl sites for hydroxylation is 2. The number of carbonyl (C=O) groups excluding carboxylic acids is 1. The molecule has 23 heavy (non-hydrogen) atoms. The lowest BCUT2D eigenvalue weighted by molar-refractivity contribution is -0.121. The van der Waals surface area contributed by atoms with Crippen LogP contribution in [0.15, 0.2) is 36.2 Å². The maximum Gasteiger partial charge on any atom is 0.278 e. The quantitative estimate of drug-likeness (QED) is 0.592. The fourth-order valence-electron chi connectivity index (χ4n) is 2.27. The average Bonchev–Trinajstić information content (AvgIpc) is 3.20. The zero-order chi connectivity index (χ0) is 16.1. The van der Waals surface area contributed by atoms with Gasteiger partial charge in [-0.1, -0.05) is 0 Å². The number of carbonyl (C=O) groups is 1. The summed E-state index contributed by atoms with van der Waals surface area (Å²) in [6.07, 6.45) is 9.38. The third kappa shape index (κ3) is 3.62. The van der Waals surface area contributed by atoms with E-state index in [1.807, 2.05) is 10.8 Å². The molecule has 3 aromatic heterocycles. The molecule has 3 aromatic rings. The third-order valence-corrected chi connectivity index (χ3v) is 3.46. The second-order valence-electron chi connectivity index (χ2n) is 5.10. The topological polar surface area (TPSA) is 110 Å². The molecular weight excluding hydrogens is 298 g/mol. The van der Waals surface area contributed by atoms with Crippen molar-refractivity contribution < 1.29 is 4.79 Å². The summed E-state index contributed by atoms with van der Waals surface area (Å²) in [4.78, 5) is 37.9. The second kappa shape index (κ2) is 6.86. The van der Waals surface area contributed by atoms with Crippen molar-refractivity contribution in [3.63, 3.8) is 0 Å². The minimum atomic E-state index is -0.280. The number of hydrogen-bond donors (Lipinski definition) is 2. The fourth-order valence-corrected chi connectivity index (χ4v) is 2.27. The first-order valence-electron chi connectivity index (χ1n) is 7.35. The Bertz CT molecular complexity index is 834. The van der Waals surface area contributed by atoms with E-state index in [4.69, 9.17) is 0 Å². The number of nitrogens with one attached hydrogen (secondary N) is 2. The second-order valence-corrected chi connectivity index (χ2v) is 5.10. The van der Waals surface area contributed by atoms with Crippen LogP contribution in [0.5, 0.6) is 0 Å². The molecule has 9 nitrogen and oxygen atoms in total. The number of H-pyrrole nitrogens is 1. The highest BCUT2D eigenvalue weighted by Gasteiger charge is 2.08. The van der Waals surface area contributed by atoms with Crippen molar-refractivity contribution in [2.75, 3.05) is 6.54 Å². The van der Waals surface area contributed by atoms with Crippen molar-refractivity contribution in [3.05, 3.63) is 41.7 Å². The molecule has 1 amide bonds. The van der Waals surface area contributed by atoms with Crippen LogP contribution in [0.4, 0.5) is 0 Å². The summed E-state index contributed by atoms with van der Waals surface area (Å²) in [5, 5.41) is 2.87. The molecule has 0 spiro atoms. The van der Waals surface area contributed by atoms with Gasteiger partial charge in [0.2, 0.25) is 5.91 Å². The Labute approximate surface area is 131 Å². The van der Waals surface area contributed by atoms with Crippen LogP contribution in [0.3, 0.4) is 0 Å². The predicted octanol–water partition coefficient (Wildman–Crippen LogP) is -0.0873. The first-order valence-corrected chi connectivity index (χ1v) is 7.35. The Morgan fingerprint density at radius 2 is 2.17 bits per heavy atom. The highest BCUT2D eigenvalue weighted by Crippen LogP contribution is 2.04. The van der Waals surface area contributed by atoms with E-state index in [1.54, 1.807) is 17.1 Å². The Kier molecular flexibility index (Phi) is 4.46. The predicted molar refractivity (Wildman–Crippen MR) is 82.6 cm³/mol. The van der Waals surface area contributed by atoms with Gasteiger partial charge in [0.15, 0.2) is 11.2 Å². The van der Waals surface area contributed by atoms with E-state index >= 15 is 0 Å². The van der Waals surface area contributed by atoms with Gasteiger partial charge >= 0.3 is 0 Å². The van der Waals surface area contributed by atoms with Crippen LogP contribution in [-0.4, -0.2) is 41.5 Å². The summed E-state index contributed by atoms with van der Waals surface area (Å²) in [5.74, 6) is -0.0395. The maximum atomic E-state index is 11.9. The minimum absolute atomic E-state index is 0.0395. The van der Waals surface area contributed by atoms with Crippen LogP contribution < -0.4 is 10.9 Å². The molecule has 3 heterocycles. The molecule has 2 N–H and O–H groups in total. The van der Waals surface area contributed by atoms with Crippen molar-refractivity contribution in [1.29, 1.82) is 0 Å². The number of imidazole rings is 2. The van der Waals surface area contributed by atoms with Crippen LogP contribution >= 0.6 is 0 Å². The number of aromatic amines is 1. The first-order chi connectivity index (χ1) is 11.2. The monoisotopic (exact) mass is 315 g/mol. The van der Waals surface area contributed by atoms with Crippen molar-refractivity contribution in [1.82, 2.24) is 34.4 Å². The zero-order valence-corrected chi connectivity index (χ0v) is 12.5. The highest BCUT2D eigenvalue weighted by atomic mass is 16.1. The summed E-state index contributed by atoms with van der Waals surface area (Å²) in [6, 6.07) is 0. The van der Waals surface area contributed by atoms with E-state index < -0.39 is 0 Å². The van der Waals surface area contributed by atoms with Gasteiger partial charge < -0.3 is 19.4 Å². The van der Waals surface area contributed by atoms with Gasteiger partial charge in [-0.2, -0.15) is 0 Å². The highest BCUT2D eigenvalue weighted by molar-refractivity contribution is 5.76. The molecule has 0 aliphatic heterocycles. The lowest BCUT2D eigenvalue weighted by atomic mass is 10.3. The number of amides is 1. The molecule has 0 aliphatic rings. The summed E-state index contributed by atoms with van der Waals surface area (Å²) >= 11 is 0. The zero-order valence-electron chi connectivity index (χ0n) is 12.5. The summed E-state index contributed by atoms with van der Waals surface area (Å²) in [7, 11) is 0. The first kappa shape index (κ1) is 14.9. The number of hydrogen-bond acceptors (Lipinski definition) is 5. The Morgan fingerprint density at radius 3 is 3.00 bits per heavy atom. The van der Waals surface area contributed by atoms with E-state index in [2.05, 4.69) is 25.3 Å². The Morgan fingerprint density at radius 1 is 1.26 bits per heavy atom. The van der Waals surface area contributed by atoms with E-state index in [9.17, 15) is 9.59 Å². The number of nitrogens with zero attached hydrogens (tertiary/aromatic N) is 5. The standard InChI is InChI=1S/C14H17N7O2/c22-11(16-3-1-5-20-7-4-15-9-20)2-6-21-10-19-12-13(21)17-8-18-14(12)23/h4,7-10H,1-3,5-6H2,(H,16,22)(H,17,18,23). The largest absolute Gasteiger partial charge is 0.356 e. The van der Waals surface area contributed by atoms with Crippen LogP contribution in [0.25, 0.3) is 11.2 Å². The van der Waals surface area contributed by atoms with Crippen LogP contribution in [-0.2, 0) is 17.9 Å². The van der Waals surface area contributed by atoms with Gasteiger partial charge in [-0.05, 0) is 6.42 Å². The number of aromatic nitrogens is 6. The average molecular weight is 315 g/mol. The summed E-state index contributed by atoms with van der Waals surface area (Å²) in [5.41, 5.74) is 0.493. The van der Waals surface area contributed by atoms with Crippen molar-refractivity contribution in [2.24, 2.45) is 0 Å². The molecule has 0 unspecified atom stereocenters. The fraction of sp³-hybridized carbons (Fsp3) is 0.357. The van der Waals surface area contributed by atoms with Crippen LogP contribution in [0, 0.1) is 0 Å². The van der Waals surface area contributed by atoms with Crippen LogP contribution in [0.2, 0.25) is 0 Å².